The first-order valence-corrected chi connectivity index (χ1v) is 8.64. The Bertz CT molecular complexity index is 829. The number of aliphatic imine (C=N–C) groups is 1. The number of halogens is 3. The molecule has 0 aliphatic carbocycles. The summed E-state index contributed by atoms with van der Waals surface area (Å²) in [6, 6.07) is 10.5. The molecule has 0 fully saturated rings. The van der Waals surface area contributed by atoms with E-state index < -0.39 is 11.7 Å². The molecule has 0 atom stereocenters. The molecule has 2 aromatic rings. The van der Waals surface area contributed by atoms with Crippen molar-refractivity contribution in [3.8, 4) is 11.5 Å². The summed E-state index contributed by atoms with van der Waals surface area (Å²) in [5.74, 6) is 1.89. The molecule has 27 heavy (non-hydrogen) atoms. The summed E-state index contributed by atoms with van der Waals surface area (Å²) in [5, 5.41) is 0. The Labute approximate surface area is 156 Å². The number of alkyl halides is 3. The fraction of sp³-hybridized carbons (Fsp3) is 0.350. The van der Waals surface area contributed by atoms with Crippen LogP contribution in [0.1, 0.15) is 16.7 Å². The number of nitrogens with zero attached hydrogens (tertiary/aromatic N) is 3. The predicted molar refractivity (Wildman–Crippen MR) is 99.1 cm³/mol. The Balaban J connectivity index is 1.76. The molecule has 0 spiro atoms. The Kier molecular flexibility index (Phi) is 5.30. The van der Waals surface area contributed by atoms with Gasteiger partial charge in [-0.05, 0) is 53.9 Å². The van der Waals surface area contributed by atoms with E-state index in [-0.39, 0.29) is 0 Å². The summed E-state index contributed by atoms with van der Waals surface area (Å²) < 4.78 is 43.7. The number of ether oxygens (including phenoxy) is 1. The minimum Gasteiger partial charge on any atom is -0.457 e. The van der Waals surface area contributed by atoms with Gasteiger partial charge in [-0.2, -0.15) is 13.2 Å². The molecule has 0 bridgehead atoms. The van der Waals surface area contributed by atoms with E-state index >= 15 is 0 Å². The van der Waals surface area contributed by atoms with Crippen LogP contribution in [0.4, 0.5) is 13.2 Å². The van der Waals surface area contributed by atoms with Crippen molar-refractivity contribution in [2.24, 2.45) is 4.99 Å². The van der Waals surface area contributed by atoms with Crippen molar-refractivity contribution in [2.45, 2.75) is 19.1 Å². The zero-order valence-electron chi connectivity index (χ0n) is 15.5. The van der Waals surface area contributed by atoms with E-state index in [0.717, 1.165) is 36.6 Å². The quantitative estimate of drug-likeness (QED) is 0.574. The van der Waals surface area contributed by atoms with Gasteiger partial charge in [-0.15, -0.1) is 0 Å². The highest BCUT2D eigenvalue weighted by Crippen LogP contribution is 2.32. The molecule has 0 unspecified atom stereocenters. The van der Waals surface area contributed by atoms with E-state index in [1.807, 2.05) is 37.2 Å². The van der Waals surface area contributed by atoms with Gasteiger partial charge in [0.1, 0.15) is 11.5 Å². The lowest BCUT2D eigenvalue weighted by Gasteiger charge is -2.34. The monoisotopic (exact) mass is 377 g/mol. The van der Waals surface area contributed by atoms with Gasteiger partial charge in [-0.3, -0.25) is 4.99 Å². The SMILES string of the molecule is C/N=C(/N(C)C)N1CCc2ccc(Oc3ccc(C(F)(F)F)cc3)cc2C1. The Morgan fingerprint density at radius 3 is 2.30 bits per heavy atom. The highest BCUT2D eigenvalue weighted by atomic mass is 19.4. The maximum Gasteiger partial charge on any atom is 0.416 e. The van der Waals surface area contributed by atoms with Crippen molar-refractivity contribution >= 4 is 5.96 Å². The lowest BCUT2D eigenvalue weighted by molar-refractivity contribution is -0.137. The number of fused-ring (bicyclic) bond motifs is 1. The highest BCUT2D eigenvalue weighted by Gasteiger charge is 2.30. The number of guanidine groups is 1. The zero-order chi connectivity index (χ0) is 19.6. The maximum absolute atomic E-state index is 12.7. The van der Waals surface area contributed by atoms with Crippen LogP contribution >= 0.6 is 0 Å². The molecule has 0 radical (unpaired) electrons. The molecular weight excluding hydrogens is 355 g/mol. The number of hydrogen-bond acceptors (Lipinski definition) is 2. The second-order valence-corrected chi connectivity index (χ2v) is 6.64. The van der Waals surface area contributed by atoms with Gasteiger partial charge in [-0.25, -0.2) is 0 Å². The van der Waals surface area contributed by atoms with Crippen LogP contribution < -0.4 is 4.74 Å². The predicted octanol–water partition coefficient (Wildman–Crippen LogP) is 4.40. The molecular formula is C20H22F3N3O. The first kappa shape index (κ1) is 19.1. The van der Waals surface area contributed by atoms with Crippen molar-refractivity contribution in [3.63, 3.8) is 0 Å². The standard InChI is InChI=1S/C20H22F3N3O/c1-24-19(25(2)3)26-11-10-14-4-7-18(12-15(14)13-26)27-17-8-5-16(6-9-17)20(21,22)23/h4-9,12H,10-11,13H2,1-3H3/b24-19-. The van der Waals surface area contributed by atoms with Gasteiger partial charge >= 0.3 is 6.18 Å². The van der Waals surface area contributed by atoms with Gasteiger partial charge in [0, 0.05) is 34.2 Å². The highest BCUT2D eigenvalue weighted by molar-refractivity contribution is 5.79. The van der Waals surface area contributed by atoms with Crippen LogP contribution in [-0.4, -0.2) is 43.4 Å². The van der Waals surface area contributed by atoms with Crippen LogP contribution in [0.2, 0.25) is 0 Å². The molecule has 0 N–H and O–H groups in total. The van der Waals surface area contributed by atoms with Crippen molar-refractivity contribution in [2.75, 3.05) is 27.7 Å². The topological polar surface area (TPSA) is 28.1 Å². The third-order valence-electron chi connectivity index (χ3n) is 4.49. The fourth-order valence-corrected chi connectivity index (χ4v) is 3.24. The molecule has 0 amide bonds. The van der Waals surface area contributed by atoms with Crippen molar-refractivity contribution < 1.29 is 17.9 Å². The normalized spacial score (nSPS) is 14.7. The number of hydrogen-bond donors (Lipinski definition) is 0. The van der Waals surface area contributed by atoms with Crippen LogP contribution in [0.15, 0.2) is 47.5 Å². The third-order valence-corrected chi connectivity index (χ3v) is 4.49. The Morgan fingerprint density at radius 2 is 1.70 bits per heavy atom. The summed E-state index contributed by atoms with van der Waals surface area (Å²) in [5.41, 5.74) is 1.69. The molecule has 1 aliphatic rings. The van der Waals surface area contributed by atoms with E-state index in [1.165, 1.54) is 17.7 Å². The summed E-state index contributed by atoms with van der Waals surface area (Å²) in [7, 11) is 5.69. The van der Waals surface area contributed by atoms with E-state index in [0.29, 0.717) is 18.0 Å². The lowest BCUT2D eigenvalue weighted by Crippen LogP contribution is -2.43. The summed E-state index contributed by atoms with van der Waals surface area (Å²) >= 11 is 0. The van der Waals surface area contributed by atoms with E-state index in [1.54, 1.807) is 7.05 Å². The van der Waals surface area contributed by atoms with Gasteiger partial charge in [0.2, 0.25) is 0 Å². The second kappa shape index (κ2) is 7.50. The molecule has 2 aromatic carbocycles. The molecule has 0 aromatic heterocycles. The molecule has 1 heterocycles. The summed E-state index contributed by atoms with van der Waals surface area (Å²) in [6.45, 7) is 1.60. The van der Waals surface area contributed by atoms with Crippen molar-refractivity contribution in [1.29, 1.82) is 0 Å². The molecule has 3 rings (SSSR count). The van der Waals surface area contributed by atoms with E-state index in [2.05, 4.69) is 9.89 Å². The van der Waals surface area contributed by atoms with Crippen molar-refractivity contribution in [3.05, 3.63) is 59.2 Å². The van der Waals surface area contributed by atoms with E-state index in [4.69, 9.17) is 4.74 Å². The molecule has 0 saturated heterocycles. The van der Waals surface area contributed by atoms with Gasteiger partial charge < -0.3 is 14.5 Å². The largest absolute Gasteiger partial charge is 0.457 e. The third kappa shape index (κ3) is 4.35. The smallest absolute Gasteiger partial charge is 0.416 e. The van der Waals surface area contributed by atoms with Crippen molar-refractivity contribution in [1.82, 2.24) is 9.80 Å². The number of rotatable bonds is 2. The minimum absolute atomic E-state index is 0.375. The summed E-state index contributed by atoms with van der Waals surface area (Å²) in [6.07, 6.45) is -3.44. The molecule has 1 aliphatic heterocycles. The van der Waals surface area contributed by atoms with Gasteiger partial charge in [-0.1, -0.05) is 6.07 Å². The van der Waals surface area contributed by atoms with E-state index in [9.17, 15) is 13.2 Å². The molecule has 4 nitrogen and oxygen atoms in total. The lowest BCUT2D eigenvalue weighted by atomic mass is 9.99. The minimum atomic E-state index is -4.35. The Hall–Kier alpha value is -2.70. The van der Waals surface area contributed by atoms with Gasteiger partial charge in [0.25, 0.3) is 0 Å². The van der Waals surface area contributed by atoms with Crippen LogP contribution in [0.3, 0.4) is 0 Å². The number of benzene rings is 2. The Morgan fingerprint density at radius 1 is 1.04 bits per heavy atom. The first-order chi connectivity index (χ1) is 12.8. The molecule has 7 heteroatoms. The maximum atomic E-state index is 12.7. The second-order valence-electron chi connectivity index (χ2n) is 6.64. The van der Waals surface area contributed by atoms with Crippen LogP contribution in [-0.2, 0) is 19.1 Å². The molecule has 144 valence electrons. The van der Waals surface area contributed by atoms with Crippen LogP contribution in [0.25, 0.3) is 0 Å². The fourth-order valence-electron chi connectivity index (χ4n) is 3.24. The zero-order valence-corrected chi connectivity index (χ0v) is 15.5. The molecule has 0 saturated carbocycles. The first-order valence-electron chi connectivity index (χ1n) is 8.64. The van der Waals surface area contributed by atoms with Crippen LogP contribution in [0.5, 0.6) is 11.5 Å². The average molecular weight is 377 g/mol. The summed E-state index contributed by atoms with van der Waals surface area (Å²) in [4.78, 5) is 8.53. The average Bonchev–Trinajstić information content (AvgIpc) is 2.61. The van der Waals surface area contributed by atoms with Gasteiger partial charge in [0.05, 0.1) is 5.56 Å². The van der Waals surface area contributed by atoms with Gasteiger partial charge in [0.15, 0.2) is 5.96 Å². The van der Waals surface area contributed by atoms with Crippen LogP contribution in [0, 0.1) is 0 Å².